The van der Waals surface area contributed by atoms with Crippen LogP contribution in [0.15, 0.2) is 46.0 Å². The van der Waals surface area contributed by atoms with Gasteiger partial charge in [0.15, 0.2) is 0 Å². The third kappa shape index (κ3) is 0.996. The quantitative estimate of drug-likeness (QED) is 0.433. The first-order valence-electron chi connectivity index (χ1n) is 5.54. The minimum absolute atomic E-state index is 0.341. The zero-order valence-corrected chi connectivity index (χ0v) is 9.18. The Hall–Kier alpha value is -2.62. The van der Waals surface area contributed by atoms with Gasteiger partial charge in [0.1, 0.15) is 0 Å². The van der Waals surface area contributed by atoms with Crippen LogP contribution in [0, 0.1) is 0 Å². The van der Waals surface area contributed by atoms with Gasteiger partial charge >= 0.3 is 5.56 Å². The Balaban J connectivity index is 2.43. The summed E-state index contributed by atoms with van der Waals surface area (Å²) in [7, 11) is 0. The molecule has 18 heavy (non-hydrogen) atoms. The van der Waals surface area contributed by atoms with Crippen molar-refractivity contribution in [2.24, 2.45) is 0 Å². The lowest BCUT2D eigenvalue weighted by molar-refractivity contribution is 1.33. The van der Waals surface area contributed by atoms with Gasteiger partial charge in [-0.3, -0.25) is 9.59 Å². The molecule has 2 heterocycles. The second-order valence-electron chi connectivity index (χ2n) is 4.23. The average Bonchev–Trinajstić information content (AvgIpc) is 2.88. The minimum atomic E-state index is -0.704. The van der Waals surface area contributed by atoms with E-state index in [1.807, 2.05) is 30.3 Å². The van der Waals surface area contributed by atoms with Crippen molar-refractivity contribution in [1.29, 1.82) is 0 Å². The predicted octanol–water partition coefficient (Wildman–Crippen LogP) is 1.53. The van der Waals surface area contributed by atoms with E-state index in [0.717, 1.165) is 16.3 Å². The first-order valence-corrected chi connectivity index (χ1v) is 5.54. The monoisotopic (exact) mass is 234 g/mol. The van der Waals surface area contributed by atoms with Crippen molar-refractivity contribution in [2.45, 2.75) is 0 Å². The van der Waals surface area contributed by atoms with Gasteiger partial charge in [0, 0.05) is 10.8 Å². The zero-order valence-electron chi connectivity index (χ0n) is 9.18. The molecule has 84 valence electrons. The standard InChI is InChI=1S/C14H6N2O2/c17-13-11-10(16-14(13)18)6-5-8-7-3-1-2-4-9(7)15-12(8)11/h1-6H. The first-order chi connectivity index (χ1) is 8.75. The third-order valence-electron chi connectivity index (χ3n) is 3.23. The molecule has 4 nitrogen and oxygen atoms in total. The summed E-state index contributed by atoms with van der Waals surface area (Å²) in [6.45, 7) is 0. The molecule has 0 aliphatic rings. The van der Waals surface area contributed by atoms with E-state index in [4.69, 9.17) is 0 Å². The summed E-state index contributed by atoms with van der Waals surface area (Å²) in [5.41, 5.74) is 0.574. The number of rotatable bonds is 0. The molecule has 0 saturated carbocycles. The molecule has 0 spiro atoms. The molecule has 0 fully saturated rings. The van der Waals surface area contributed by atoms with Crippen LogP contribution in [0.2, 0.25) is 0 Å². The Labute approximate surface area is 100 Å². The normalized spacial score (nSPS) is 11.8. The lowest BCUT2D eigenvalue weighted by Crippen LogP contribution is -2.18. The van der Waals surface area contributed by atoms with Crippen LogP contribution in [0.5, 0.6) is 0 Å². The Kier molecular flexibility index (Phi) is 1.56. The van der Waals surface area contributed by atoms with E-state index in [2.05, 4.69) is 9.97 Å². The topological polar surface area (TPSA) is 59.9 Å². The van der Waals surface area contributed by atoms with Crippen LogP contribution in [0.25, 0.3) is 32.7 Å². The maximum absolute atomic E-state index is 11.8. The number of aromatic nitrogens is 2. The lowest BCUT2D eigenvalue weighted by atomic mass is 10.1. The Morgan fingerprint density at radius 2 is 1.61 bits per heavy atom. The number of fused-ring (bicyclic) bond motifs is 5. The fourth-order valence-electron chi connectivity index (χ4n) is 2.42. The van der Waals surface area contributed by atoms with Crippen LogP contribution < -0.4 is 11.0 Å². The maximum atomic E-state index is 11.8. The molecule has 0 bridgehead atoms. The molecule has 0 aliphatic carbocycles. The van der Waals surface area contributed by atoms with E-state index in [0.29, 0.717) is 16.4 Å². The van der Waals surface area contributed by atoms with Gasteiger partial charge in [0.2, 0.25) is 0 Å². The highest BCUT2D eigenvalue weighted by atomic mass is 16.2. The highest BCUT2D eigenvalue weighted by molar-refractivity contribution is 6.16. The lowest BCUT2D eigenvalue weighted by Gasteiger charge is -1.90. The van der Waals surface area contributed by atoms with Gasteiger partial charge in [-0.25, -0.2) is 9.97 Å². The number of hydrogen-bond acceptors (Lipinski definition) is 4. The van der Waals surface area contributed by atoms with Crippen molar-refractivity contribution in [3.8, 4) is 0 Å². The van der Waals surface area contributed by atoms with Crippen molar-refractivity contribution in [3.63, 3.8) is 0 Å². The summed E-state index contributed by atoms with van der Waals surface area (Å²) < 4.78 is 0. The van der Waals surface area contributed by atoms with E-state index < -0.39 is 11.0 Å². The molecule has 4 aromatic rings. The van der Waals surface area contributed by atoms with Crippen molar-refractivity contribution in [3.05, 3.63) is 57.0 Å². The van der Waals surface area contributed by atoms with Crippen LogP contribution in [0.3, 0.4) is 0 Å². The van der Waals surface area contributed by atoms with Crippen LogP contribution in [-0.2, 0) is 0 Å². The third-order valence-corrected chi connectivity index (χ3v) is 3.23. The average molecular weight is 234 g/mol. The maximum Gasteiger partial charge on any atom is 0.318 e. The molecule has 4 heteroatoms. The van der Waals surface area contributed by atoms with Gasteiger partial charge in [-0.2, -0.15) is 0 Å². The molecule has 0 atom stereocenters. The Bertz CT molecular complexity index is 1010. The summed E-state index contributed by atoms with van der Waals surface area (Å²) in [5, 5.41) is 2.22. The van der Waals surface area contributed by atoms with Crippen LogP contribution >= 0.6 is 0 Å². The fraction of sp³-hybridized carbons (Fsp3) is 0. The molecule has 4 rings (SSSR count). The molecule has 0 aliphatic heterocycles. The molecular weight excluding hydrogens is 228 g/mol. The van der Waals surface area contributed by atoms with E-state index >= 15 is 0 Å². The van der Waals surface area contributed by atoms with Crippen molar-refractivity contribution >= 4 is 32.7 Å². The van der Waals surface area contributed by atoms with Gasteiger partial charge in [-0.05, 0) is 18.2 Å². The van der Waals surface area contributed by atoms with Gasteiger partial charge in [0.05, 0.1) is 21.9 Å². The summed E-state index contributed by atoms with van der Waals surface area (Å²) in [4.78, 5) is 31.3. The van der Waals surface area contributed by atoms with Gasteiger partial charge in [-0.15, -0.1) is 0 Å². The molecule has 0 saturated heterocycles. The Morgan fingerprint density at radius 1 is 0.778 bits per heavy atom. The number of benzene rings is 2. The summed E-state index contributed by atoms with van der Waals surface area (Å²) in [6, 6.07) is 11.2. The van der Waals surface area contributed by atoms with Crippen molar-refractivity contribution in [2.75, 3.05) is 0 Å². The smallest absolute Gasteiger partial charge is 0.283 e. The fourth-order valence-corrected chi connectivity index (χ4v) is 2.42. The highest BCUT2D eigenvalue weighted by Gasteiger charge is 2.14. The van der Waals surface area contributed by atoms with E-state index in [9.17, 15) is 9.59 Å². The van der Waals surface area contributed by atoms with Crippen LogP contribution in [0.4, 0.5) is 0 Å². The number of nitrogens with zero attached hydrogens (tertiary/aromatic N) is 2. The van der Waals surface area contributed by atoms with Gasteiger partial charge < -0.3 is 0 Å². The molecule has 0 radical (unpaired) electrons. The van der Waals surface area contributed by atoms with Gasteiger partial charge in [0.25, 0.3) is 5.43 Å². The van der Waals surface area contributed by atoms with E-state index in [1.54, 1.807) is 6.07 Å². The Morgan fingerprint density at radius 3 is 2.50 bits per heavy atom. The number of hydrogen-bond donors (Lipinski definition) is 0. The summed E-state index contributed by atoms with van der Waals surface area (Å²) in [6.07, 6.45) is 0. The minimum Gasteiger partial charge on any atom is -0.283 e. The van der Waals surface area contributed by atoms with Gasteiger partial charge in [-0.1, -0.05) is 18.2 Å². The van der Waals surface area contributed by atoms with E-state index in [-0.39, 0.29) is 0 Å². The second kappa shape index (κ2) is 2.98. The second-order valence-corrected chi connectivity index (χ2v) is 4.23. The zero-order chi connectivity index (χ0) is 12.3. The molecule has 0 unspecified atom stereocenters. The van der Waals surface area contributed by atoms with Crippen LogP contribution in [0.1, 0.15) is 0 Å². The molecule has 2 aromatic heterocycles. The molecule has 0 amide bonds. The highest BCUT2D eigenvalue weighted by Crippen LogP contribution is 2.28. The van der Waals surface area contributed by atoms with E-state index in [1.165, 1.54) is 0 Å². The summed E-state index contributed by atoms with van der Waals surface area (Å²) in [5.74, 6) is 0. The number of para-hydroxylation sites is 1. The molecule has 0 N–H and O–H groups in total. The van der Waals surface area contributed by atoms with Crippen LogP contribution in [-0.4, -0.2) is 9.97 Å². The summed E-state index contributed by atoms with van der Waals surface area (Å²) >= 11 is 0. The van der Waals surface area contributed by atoms with Crippen molar-refractivity contribution in [1.82, 2.24) is 9.97 Å². The van der Waals surface area contributed by atoms with Crippen molar-refractivity contribution < 1.29 is 0 Å². The predicted molar refractivity (Wildman–Crippen MR) is 69.5 cm³/mol. The molecular formula is C14H6N2O2. The SMILES string of the molecule is O=c1nc2ccc3c4ccccc4nc3c2c1=O. The molecule has 2 aromatic carbocycles. The first kappa shape index (κ1) is 9.41. The largest absolute Gasteiger partial charge is 0.318 e.